The molecular weight excluding hydrogens is 242 g/mol. The van der Waals surface area contributed by atoms with Gasteiger partial charge in [0.1, 0.15) is 0 Å². The first-order chi connectivity index (χ1) is 9.70. The highest BCUT2D eigenvalue weighted by molar-refractivity contribution is 4.68. The highest BCUT2D eigenvalue weighted by atomic mass is 14.9. The van der Waals surface area contributed by atoms with Gasteiger partial charge < -0.3 is 5.32 Å². The second kappa shape index (κ2) is 15.4. The smallest absolute Gasteiger partial charge is 0.00671 e. The molecule has 0 rings (SSSR count). The molecule has 0 amide bonds. The van der Waals surface area contributed by atoms with Crippen LogP contribution in [0.3, 0.4) is 0 Å². The highest BCUT2D eigenvalue weighted by Gasteiger charge is 2.08. The standard InChI is InChI=1S/C19H41N/c1-5-7-8-9-10-11-12-13-14-19(20-17-6-2)16-15-18(3)4/h18-20H,5-17H2,1-4H3. The van der Waals surface area contributed by atoms with Crippen LogP contribution in [0.1, 0.15) is 105 Å². The minimum absolute atomic E-state index is 0.775. The van der Waals surface area contributed by atoms with E-state index in [4.69, 9.17) is 0 Å². The third-order valence-corrected chi connectivity index (χ3v) is 4.18. The van der Waals surface area contributed by atoms with Gasteiger partial charge in [-0.15, -0.1) is 0 Å². The van der Waals surface area contributed by atoms with Gasteiger partial charge in [0, 0.05) is 6.04 Å². The molecule has 0 fully saturated rings. The van der Waals surface area contributed by atoms with Gasteiger partial charge in [0.05, 0.1) is 0 Å². The maximum Gasteiger partial charge on any atom is 0.00671 e. The molecule has 1 atom stereocenters. The fraction of sp³-hybridized carbons (Fsp3) is 1.00. The summed E-state index contributed by atoms with van der Waals surface area (Å²) in [6.45, 7) is 10.4. The van der Waals surface area contributed by atoms with Gasteiger partial charge in [0.15, 0.2) is 0 Å². The van der Waals surface area contributed by atoms with E-state index in [9.17, 15) is 0 Å². The van der Waals surface area contributed by atoms with E-state index in [-0.39, 0.29) is 0 Å². The number of rotatable bonds is 15. The van der Waals surface area contributed by atoms with E-state index in [1.54, 1.807) is 0 Å². The van der Waals surface area contributed by atoms with Crippen LogP contribution >= 0.6 is 0 Å². The molecule has 1 unspecified atom stereocenters. The molecule has 0 bridgehead atoms. The van der Waals surface area contributed by atoms with Crippen molar-refractivity contribution in [3.05, 3.63) is 0 Å². The minimum Gasteiger partial charge on any atom is -0.314 e. The van der Waals surface area contributed by atoms with Crippen LogP contribution in [0, 0.1) is 5.92 Å². The normalized spacial score (nSPS) is 13.1. The maximum atomic E-state index is 3.74. The molecule has 0 spiro atoms. The van der Waals surface area contributed by atoms with Crippen molar-refractivity contribution < 1.29 is 0 Å². The fourth-order valence-electron chi connectivity index (χ4n) is 2.76. The topological polar surface area (TPSA) is 12.0 Å². The first-order valence-electron chi connectivity index (χ1n) is 9.44. The van der Waals surface area contributed by atoms with Crippen LogP contribution in [0.25, 0.3) is 0 Å². The molecule has 1 N–H and O–H groups in total. The quantitative estimate of drug-likeness (QED) is 0.347. The van der Waals surface area contributed by atoms with Gasteiger partial charge in [0.2, 0.25) is 0 Å². The van der Waals surface area contributed by atoms with Crippen LogP contribution in [-0.2, 0) is 0 Å². The van der Waals surface area contributed by atoms with Crippen molar-refractivity contribution in [2.75, 3.05) is 6.54 Å². The Morgan fingerprint density at radius 1 is 0.650 bits per heavy atom. The third kappa shape index (κ3) is 14.4. The van der Waals surface area contributed by atoms with Crippen LogP contribution in [0.15, 0.2) is 0 Å². The van der Waals surface area contributed by atoms with Crippen molar-refractivity contribution in [3.8, 4) is 0 Å². The van der Waals surface area contributed by atoms with E-state index in [1.165, 1.54) is 83.6 Å². The van der Waals surface area contributed by atoms with Crippen molar-refractivity contribution in [2.45, 2.75) is 111 Å². The van der Waals surface area contributed by atoms with E-state index < -0.39 is 0 Å². The highest BCUT2D eigenvalue weighted by Crippen LogP contribution is 2.14. The van der Waals surface area contributed by atoms with E-state index >= 15 is 0 Å². The van der Waals surface area contributed by atoms with Crippen molar-refractivity contribution >= 4 is 0 Å². The molecule has 0 saturated heterocycles. The molecule has 0 aliphatic rings. The number of nitrogens with one attached hydrogen (secondary N) is 1. The number of unbranched alkanes of at least 4 members (excludes halogenated alkanes) is 7. The lowest BCUT2D eigenvalue weighted by Crippen LogP contribution is -2.30. The number of hydrogen-bond acceptors (Lipinski definition) is 1. The van der Waals surface area contributed by atoms with Crippen molar-refractivity contribution in [2.24, 2.45) is 5.92 Å². The SMILES string of the molecule is CCCCCCCCCCC(CCC(C)C)NCCC. The zero-order chi connectivity index (χ0) is 15.1. The largest absolute Gasteiger partial charge is 0.314 e. The van der Waals surface area contributed by atoms with Gasteiger partial charge in [-0.1, -0.05) is 79.1 Å². The molecule has 0 aliphatic heterocycles. The second-order valence-corrected chi connectivity index (χ2v) is 6.89. The molecule has 0 aliphatic carbocycles. The third-order valence-electron chi connectivity index (χ3n) is 4.18. The molecular formula is C19H41N. The van der Waals surface area contributed by atoms with Crippen molar-refractivity contribution in [1.29, 1.82) is 0 Å². The summed E-state index contributed by atoms with van der Waals surface area (Å²) in [5, 5.41) is 3.74. The predicted octanol–water partition coefficient (Wildman–Crippen LogP) is 6.32. The summed E-state index contributed by atoms with van der Waals surface area (Å²) < 4.78 is 0. The molecule has 1 heteroatoms. The zero-order valence-corrected chi connectivity index (χ0v) is 14.8. The monoisotopic (exact) mass is 283 g/mol. The lowest BCUT2D eigenvalue weighted by atomic mass is 9.98. The van der Waals surface area contributed by atoms with Crippen molar-refractivity contribution in [3.63, 3.8) is 0 Å². The maximum absolute atomic E-state index is 3.74. The Hall–Kier alpha value is -0.0400. The lowest BCUT2D eigenvalue weighted by Gasteiger charge is -2.19. The Kier molecular flexibility index (Phi) is 15.3. The summed E-state index contributed by atoms with van der Waals surface area (Å²) in [7, 11) is 0. The van der Waals surface area contributed by atoms with E-state index in [2.05, 4.69) is 33.0 Å². The number of hydrogen-bond donors (Lipinski definition) is 1. The van der Waals surface area contributed by atoms with Gasteiger partial charge in [0.25, 0.3) is 0 Å². The Morgan fingerprint density at radius 3 is 1.80 bits per heavy atom. The summed E-state index contributed by atoms with van der Waals surface area (Å²) in [6.07, 6.45) is 16.9. The molecule has 0 aromatic carbocycles. The van der Waals surface area contributed by atoms with E-state index in [0.29, 0.717) is 0 Å². The molecule has 0 radical (unpaired) electrons. The molecule has 1 nitrogen and oxygen atoms in total. The van der Waals surface area contributed by atoms with Crippen LogP contribution in [0.5, 0.6) is 0 Å². The molecule has 122 valence electrons. The average Bonchev–Trinajstić information content (AvgIpc) is 2.43. The molecule has 0 aromatic rings. The zero-order valence-electron chi connectivity index (χ0n) is 14.8. The minimum atomic E-state index is 0.775. The van der Waals surface area contributed by atoms with E-state index in [0.717, 1.165) is 12.0 Å². The van der Waals surface area contributed by atoms with Crippen molar-refractivity contribution in [1.82, 2.24) is 5.32 Å². The van der Waals surface area contributed by atoms with Crippen LogP contribution in [0.2, 0.25) is 0 Å². The second-order valence-electron chi connectivity index (χ2n) is 6.89. The summed E-state index contributed by atoms with van der Waals surface area (Å²) >= 11 is 0. The fourth-order valence-corrected chi connectivity index (χ4v) is 2.76. The van der Waals surface area contributed by atoms with E-state index in [1.807, 2.05) is 0 Å². The first-order valence-corrected chi connectivity index (χ1v) is 9.44. The molecule has 0 saturated carbocycles. The van der Waals surface area contributed by atoms with Gasteiger partial charge >= 0.3 is 0 Å². The van der Waals surface area contributed by atoms with Gasteiger partial charge in [-0.05, 0) is 38.1 Å². The predicted molar refractivity (Wildman–Crippen MR) is 93.4 cm³/mol. The molecule has 20 heavy (non-hydrogen) atoms. The van der Waals surface area contributed by atoms with Crippen LogP contribution < -0.4 is 5.32 Å². The molecule has 0 aromatic heterocycles. The van der Waals surface area contributed by atoms with Gasteiger partial charge in [-0.3, -0.25) is 0 Å². The van der Waals surface area contributed by atoms with Crippen LogP contribution in [-0.4, -0.2) is 12.6 Å². The van der Waals surface area contributed by atoms with Crippen LogP contribution in [0.4, 0.5) is 0 Å². The summed E-state index contributed by atoms with van der Waals surface area (Å²) in [5.74, 6) is 0.847. The summed E-state index contributed by atoms with van der Waals surface area (Å²) in [4.78, 5) is 0. The summed E-state index contributed by atoms with van der Waals surface area (Å²) in [6, 6.07) is 0.775. The van der Waals surface area contributed by atoms with Gasteiger partial charge in [-0.25, -0.2) is 0 Å². The lowest BCUT2D eigenvalue weighted by molar-refractivity contribution is 0.395. The first kappa shape index (κ1) is 20.0. The summed E-state index contributed by atoms with van der Waals surface area (Å²) in [5.41, 5.74) is 0. The Labute approximate surface area is 129 Å². The molecule has 0 heterocycles. The Balaban J connectivity index is 3.52. The Morgan fingerprint density at radius 2 is 1.25 bits per heavy atom. The van der Waals surface area contributed by atoms with Gasteiger partial charge in [-0.2, -0.15) is 0 Å². The average molecular weight is 284 g/mol. The Bertz CT molecular complexity index is 177.